The van der Waals surface area contributed by atoms with Gasteiger partial charge in [0.15, 0.2) is 5.75 Å². The minimum absolute atomic E-state index is 0.0954. The predicted octanol–water partition coefficient (Wildman–Crippen LogP) is 4.65. The van der Waals surface area contributed by atoms with Gasteiger partial charge in [0, 0.05) is 22.3 Å². The lowest BCUT2D eigenvalue weighted by Crippen LogP contribution is -2.11. The summed E-state index contributed by atoms with van der Waals surface area (Å²) >= 11 is 4.54. The first-order valence-corrected chi connectivity index (χ1v) is 9.07. The fraction of sp³-hybridized carbons (Fsp3) is 0.0588. The van der Waals surface area contributed by atoms with E-state index in [4.69, 9.17) is 4.74 Å². The summed E-state index contributed by atoms with van der Waals surface area (Å²) in [5.41, 5.74) is 0.657. The number of ether oxygens (including phenoxy) is 1. The third-order valence-corrected chi connectivity index (χ3v) is 4.75. The molecule has 0 radical (unpaired) electrons. The molecule has 0 aliphatic carbocycles. The minimum Gasteiger partial charge on any atom is -0.482 e. The number of nitrogens with one attached hydrogen (secondary N) is 1. The van der Waals surface area contributed by atoms with Crippen LogP contribution in [0.15, 0.2) is 58.5 Å². The Morgan fingerprint density at radius 3 is 2.85 bits per heavy atom. The van der Waals surface area contributed by atoms with Crippen LogP contribution in [0, 0.1) is 10.1 Å². The van der Waals surface area contributed by atoms with Crippen LogP contribution in [0.4, 0.5) is 11.5 Å². The van der Waals surface area contributed by atoms with E-state index in [1.165, 1.54) is 23.5 Å². The number of thiophene rings is 1. The Bertz CT molecular complexity index is 943. The molecular weight excluding hydrogens is 422 g/mol. The normalized spacial score (nSPS) is 10.3. The number of hydrogen-bond acceptors (Lipinski definition) is 6. The van der Waals surface area contributed by atoms with Gasteiger partial charge in [-0.2, -0.15) is 0 Å². The molecule has 1 N–H and O–H groups in total. The van der Waals surface area contributed by atoms with Crippen LogP contribution in [0.5, 0.6) is 5.75 Å². The quantitative estimate of drug-likeness (QED) is 0.451. The van der Waals surface area contributed by atoms with Crippen LogP contribution in [-0.2, 0) is 6.61 Å². The number of carbonyl (C=O) groups is 1. The molecule has 0 aliphatic rings. The number of benzene rings is 1. The van der Waals surface area contributed by atoms with Gasteiger partial charge < -0.3 is 10.1 Å². The lowest BCUT2D eigenvalue weighted by atomic mass is 10.3. The lowest BCUT2D eigenvalue weighted by molar-refractivity contribution is -0.385. The number of carbonyl (C=O) groups excluding carboxylic acids is 1. The number of nitro benzene ring substituents is 1. The van der Waals surface area contributed by atoms with Gasteiger partial charge in [0.1, 0.15) is 12.4 Å². The molecule has 2 aromatic heterocycles. The van der Waals surface area contributed by atoms with Gasteiger partial charge in [-0.3, -0.25) is 14.9 Å². The number of halogens is 1. The zero-order chi connectivity index (χ0) is 18.5. The monoisotopic (exact) mass is 433 g/mol. The number of amides is 1. The summed E-state index contributed by atoms with van der Waals surface area (Å²) in [6.45, 7) is 0.130. The summed E-state index contributed by atoms with van der Waals surface area (Å²) in [7, 11) is 0. The van der Waals surface area contributed by atoms with E-state index in [1.54, 1.807) is 41.9 Å². The highest BCUT2D eigenvalue weighted by molar-refractivity contribution is 9.10. The predicted molar refractivity (Wildman–Crippen MR) is 102 cm³/mol. The Kier molecular flexibility index (Phi) is 5.59. The third-order valence-electron chi connectivity index (χ3n) is 3.30. The molecule has 0 spiro atoms. The summed E-state index contributed by atoms with van der Waals surface area (Å²) in [6, 6.07) is 11.3. The fourth-order valence-corrected chi connectivity index (χ4v) is 3.12. The van der Waals surface area contributed by atoms with Gasteiger partial charge in [0.05, 0.1) is 9.80 Å². The van der Waals surface area contributed by atoms with E-state index >= 15 is 0 Å². The Morgan fingerprint density at radius 1 is 1.31 bits per heavy atom. The number of nitro groups is 1. The number of pyridine rings is 1. The molecule has 9 heteroatoms. The Labute approximate surface area is 160 Å². The van der Waals surface area contributed by atoms with E-state index in [-0.39, 0.29) is 24.0 Å². The molecular formula is C17H12BrN3O4S. The number of rotatable bonds is 6. The molecule has 0 atom stereocenters. The van der Waals surface area contributed by atoms with Gasteiger partial charge in [-0.25, -0.2) is 4.98 Å². The molecule has 2 heterocycles. The van der Waals surface area contributed by atoms with Crippen LogP contribution >= 0.6 is 27.3 Å². The van der Waals surface area contributed by atoms with Crippen molar-refractivity contribution in [3.63, 3.8) is 0 Å². The number of para-hydroxylation sites is 2. The van der Waals surface area contributed by atoms with Crippen LogP contribution in [0.25, 0.3) is 0 Å². The molecule has 1 aromatic carbocycles. The van der Waals surface area contributed by atoms with E-state index in [9.17, 15) is 14.9 Å². The molecule has 26 heavy (non-hydrogen) atoms. The topological polar surface area (TPSA) is 94.4 Å². The Morgan fingerprint density at radius 2 is 2.12 bits per heavy atom. The van der Waals surface area contributed by atoms with Crippen molar-refractivity contribution in [3.05, 3.63) is 79.1 Å². The van der Waals surface area contributed by atoms with Crippen LogP contribution in [-0.4, -0.2) is 15.8 Å². The fourth-order valence-electron chi connectivity index (χ4n) is 2.09. The van der Waals surface area contributed by atoms with E-state index in [0.29, 0.717) is 10.7 Å². The zero-order valence-electron chi connectivity index (χ0n) is 13.2. The molecule has 3 aromatic rings. The van der Waals surface area contributed by atoms with Crippen molar-refractivity contribution in [2.75, 3.05) is 5.32 Å². The minimum atomic E-state index is -0.493. The SMILES string of the molecule is O=C(Nc1ccc(Br)cn1)c1cc(COc2ccccc2[N+](=O)[O-])cs1. The first-order chi connectivity index (χ1) is 12.5. The van der Waals surface area contributed by atoms with Crippen molar-refractivity contribution in [2.24, 2.45) is 0 Å². The maximum Gasteiger partial charge on any atom is 0.310 e. The van der Waals surface area contributed by atoms with Gasteiger partial charge in [-0.15, -0.1) is 11.3 Å². The van der Waals surface area contributed by atoms with Gasteiger partial charge in [0.25, 0.3) is 5.91 Å². The second-order valence-electron chi connectivity index (χ2n) is 5.15. The molecule has 0 saturated carbocycles. The van der Waals surface area contributed by atoms with E-state index in [2.05, 4.69) is 26.2 Å². The number of anilines is 1. The van der Waals surface area contributed by atoms with Crippen molar-refractivity contribution >= 4 is 44.7 Å². The number of nitrogens with zero attached hydrogens (tertiary/aromatic N) is 2. The molecule has 0 bridgehead atoms. The molecule has 3 rings (SSSR count). The Hall–Kier alpha value is -2.78. The van der Waals surface area contributed by atoms with Crippen LogP contribution in [0.2, 0.25) is 0 Å². The molecule has 132 valence electrons. The maximum absolute atomic E-state index is 12.2. The molecule has 0 saturated heterocycles. The van der Waals surface area contributed by atoms with Crippen LogP contribution in [0.1, 0.15) is 15.2 Å². The van der Waals surface area contributed by atoms with E-state index < -0.39 is 4.92 Å². The summed E-state index contributed by atoms with van der Waals surface area (Å²) in [5, 5.41) is 15.5. The number of hydrogen-bond donors (Lipinski definition) is 1. The highest BCUT2D eigenvalue weighted by Crippen LogP contribution is 2.27. The summed E-state index contributed by atoms with van der Waals surface area (Å²) in [4.78, 5) is 27.3. The van der Waals surface area contributed by atoms with Gasteiger partial charge in [-0.05, 0) is 45.6 Å². The zero-order valence-corrected chi connectivity index (χ0v) is 15.6. The second kappa shape index (κ2) is 8.07. The molecule has 0 unspecified atom stereocenters. The Balaban J connectivity index is 1.64. The van der Waals surface area contributed by atoms with Crippen molar-refractivity contribution in [3.8, 4) is 5.75 Å². The molecule has 0 fully saturated rings. The van der Waals surface area contributed by atoms with Crippen molar-refractivity contribution in [1.82, 2.24) is 4.98 Å². The highest BCUT2D eigenvalue weighted by atomic mass is 79.9. The molecule has 1 amide bonds. The lowest BCUT2D eigenvalue weighted by Gasteiger charge is -2.05. The average molecular weight is 434 g/mol. The molecule has 0 aliphatic heterocycles. The van der Waals surface area contributed by atoms with Crippen LogP contribution < -0.4 is 10.1 Å². The number of aromatic nitrogens is 1. The maximum atomic E-state index is 12.2. The van der Waals surface area contributed by atoms with E-state index in [0.717, 1.165) is 10.0 Å². The van der Waals surface area contributed by atoms with E-state index in [1.807, 2.05) is 0 Å². The first-order valence-electron chi connectivity index (χ1n) is 7.39. The third kappa shape index (κ3) is 4.44. The van der Waals surface area contributed by atoms with Gasteiger partial charge in [0.2, 0.25) is 0 Å². The molecule has 7 nitrogen and oxygen atoms in total. The summed E-state index contributed by atoms with van der Waals surface area (Å²) < 4.78 is 6.35. The van der Waals surface area contributed by atoms with Crippen LogP contribution in [0.3, 0.4) is 0 Å². The highest BCUT2D eigenvalue weighted by Gasteiger charge is 2.15. The van der Waals surface area contributed by atoms with Gasteiger partial charge >= 0.3 is 5.69 Å². The summed E-state index contributed by atoms with van der Waals surface area (Å²) in [6.07, 6.45) is 1.59. The smallest absolute Gasteiger partial charge is 0.310 e. The average Bonchev–Trinajstić information content (AvgIpc) is 3.11. The standard InChI is InChI=1S/C17H12BrN3O4S/c18-12-5-6-16(19-8-12)20-17(22)15-7-11(10-26-15)9-25-14-4-2-1-3-13(14)21(23)24/h1-8,10H,9H2,(H,19,20,22). The second-order valence-corrected chi connectivity index (χ2v) is 6.98. The van der Waals surface area contributed by atoms with Crippen molar-refractivity contribution in [2.45, 2.75) is 6.61 Å². The first kappa shape index (κ1) is 18.0. The van der Waals surface area contributed by atoms with Crippen molar-refractivity contribution in [1.29, 1.82) is 0 Å². The summed E-state index contributed by atoms with van der Waals surface area (Å²) in [5.74, 6) is 0.361. The largest absolute Gasteiger partial charge is 0.482 e. The van der Waals surface area contributed by atoms with Gasteiger partial charge in [-0.1, -0.05) is 12.1 Å². The van der Waals surface area contributed by atoms with Crippen molar-refractivity contribution < 1.29 is 14.5 Å².